The van der Waals surface area contributed by atoms with Gasteiger partial charge in [-0.2, -0.15) is 0 Å². The highest BCUT2D eigenvalue weighted by Gasteiger charge is 2.31. The van der Waals surface area contributed by atoms with E-state index in [-0.39, 0.29) is 12.0 Å². The summed E-state index contributed by atoms with van der Waals surface area (Å²) in [7, 11) is -0.934. The summed E-state index contributed by atoms with van der Waals surface area (Å²) >= 11 is 3.43. The molecule has 0 aliphatic carbocycles. The van der Waals surface area contributed by atoms with Crippen LogP contribution in [0.1, 0.15) is 24.6 Å². The number of halogens is 1. The summed E-state index contributed by atoms with van der Waals surface area (Å²) < 4.78 is 29.2. The lowest BCUT2D eigenvalue weighted by molar-refractivity contribution is 0.368. The molecular formula is C11H16BrNO3S. The molecule has 2 atom stereocenters. The maximum atomic E-state index is 11.4. The normalized spacial score (nSPS) is 24.9. The summed E-state index contributed by atoms with van der Waals surface area (Å²) in [5, 5.41) is 3.18. The van der Waals surface area contributed by atoms with E-state index in [1.54, 1.807) is 6.26 Å². The molecule has 1 aromatic rings. The van der Waals surface area contributed by atoms with Crippen LogP contribution in [0.15, 0.2) is 21.2 Å². The molecule has 1 aromatic heterocycles. The molecule has 4 nitrogen and oxygen atoms in total. The third kappa shape index (κ3) is 3.11. The maximum Gasteiger partial charge on any atom is 0.150 e. The second-order valence-corrected chi connectivity index (χ2v) is 7.56. The number of hydrogen-bond donors (Lipinski definition) is 1. The molecule has 96 valence electrons. The predicted molar refractivity (Wildman–Crippen MR) is 69.6 cm³/mol. The number of sulfone groups is 1. The van der Waals surface area contributed by atoms with Gasteiger partial charge in [0.1, 0.15) is 5.76 Å². The van der Waals surface area contributed by atoms with Crippen molar-refractivity contribution in [2.24, 2.45) is 5.92 Å². The Morgan fingerprint density at radius 3 is 2.88 bits per heavy atom. The highest BCUT2D eigenvalue weighted by molar-refractivity contribution is 9.10. The van der Waals surface area contributed by atoms with E-state index in [4.69, 9.17) is 4.42 Å². The number of rotatable bonds is 4. The fourth-order valence-corrected chi connectivity index (χ4v) is 4.66. The Labute approximate surface area is 110 Å². The van der Waals surface area contributed by atoms with Crippen molar-refractivity contribution >= 4 is 25.8 Å². The van der Waals surface area contributed by atoms with Gasteiger partial charge in [-0.05, 0) is 47.8 Å². The lowest BCUT2D eigenvalue weighted by Gasteiger charge is -2.17. The third-order valence-electron chi connectivity index (χ3n) is 3.21. The molecule has 1 N–H and O–H groups in total. The second-order valence-electron chi connectivity index (χ2n) is 4.48. The average Bonchev–Trinajstić information content (AvgIpc) is 2.81. The topological polar surface area (TPSA) is 59.3 Å². The van der Waals surface area contributed by atoms with Gasteiger partial charge in [-0.25, -0.2) is 8.42 Å². The minimum Gasteiger partial charge on any atom is -0.466 e. The van der Waals surface area contributed by atoms with Crippen LogP contribution in [0.2, 0.25) is 0 Å². The van der Waals surface area contributed by atoms with E-state index >= 15 is 0 Å². The molecule has 0 spiro atoms. The number of furan rings is 1. The Balaban J connectivity index is 2.04. The molecule has 2 heterocycles. The van der Waals surface area contributed by atoms with Crippen LogP contribution in [-0.4, -0.2) is 27.0 Å². The van der Waals surface area contributed by atoms with Crippen molar-refractivity contribution in [1.29, 1.82) is 0 Å². The van der Waals surface area contributed by atoms with Gasteiger partial charge in [-0.1, -0.05) is 0 Å². The third-order valence-corrected chi connectivity index (χ3v) is 5.70. The number of hydrogen-bond acceptors (Lipinski definition) is 4. The van der Waals surface area contributed by atoms with Gasteiger partial charge >= 0.3 is 0 Å². The number of nitrogens with one attached hydrogen (secondary N) is 1. The van der Waals surface area contributed by atoms with Crippen LogP contribution in [0.4, 0.5) is 0 Å². The standard InChI is InChI=1S/C11H16BrNO3S/c1-13-10(11-9(12)2-4-16-11)6-8-3-5-17(14,15)7-8/h2,4,8,10,13H,3,5-7H2,1H3. The maximum absolute atomic E-state index is 11.4. The Hall–Kier alpha value is -0.330. The molecular weight excluding hydrogens is 306 g/mol. The van der Waals surface area contributed by atoms with E-state index in [1.807, 2.05) is 13.1 Å². The van der Waals surface area contributed by atoms with Gasteiger partial charge in [0.15, 0.2) is 9.84 Å². The molecule has 2 unspecified atom stereocenters. The highest BCUT2D eigenvalue weighted by atomic mass is 79.9. The zero-order valence-electron chi connectivity index (χ0n) is 9.65. The van der Waals surface area contributed by atoms with Crippen LogP contribution in [0.3, 0.4) is 0 Å². The van der Waals surface area contributed by atoms with Gasteiger partial charge < -0.3 is 9.73 Å². The van der Waals surface area contributed by atoms with Crippen molar-refractivity contribution in [2.45, 2.75) is 18.9 Å². The monoisotopic (exact) mass is 321 g/mol. The Morgan fingerprint density at radius 2 is 2.41 bits per heavy atom. The molecule has 1 aliphatic heterocycles. The molecule has 1 saturated heterocycles. The van der Waals surface area contributed by atoms with E-state index in [2.05, 4.69) is 21.2 Å². The largest absolute Gasteiger partial charge is 0.466 e. The van der Waals surface area contributed by atoms with Gasteiger partial charge in [-0.15, -0.1) is 0 Å². The van der Waals surface area contributed by atoms with Crippen molar-refractivity contribution in [3.8, 4) is 0 Å². The molecule has 1 fully saturated rings. The molecule has 0 aromatic carbocycles. The second kappa shape index (κ2) is 5.12. The lowest BCUT2D eigenvalue weighted by atomic mass is 9.98. The van der Waals surface area contributed by atoms with Crippen molar-refractivity contribution in [3.63, 3.8) is 0 Å². The van der Waals surface area contributed by atoms with Crippen LogP contribution < -0.4 is 5.32 Å². The Bertz CT molecular complexity index is 483. The SMILES string of the molecule is CNC(CC1CCS(=O)(=O)C1)c1occc1Br. The summed E-state index contributed by atoms with van der Waals surface area (Å²) in [6.45, 7) is 0. The molecule has 0 amide bonds. The smallest absolute Gasteiger partial charge is 0.150 e. The fraction of sp³-hybridized carbons (Fsp3) is 0.636. The first-order chi connectivity index (χ1) is 8.02. The first-order valence-corrected chi connectivity index (χ1v) is 8.24. The van der Waals surface area contributed by atoms with Crippen LogP contribution in [0, 0.1) is 5.92 Å². The molecule has 2 rings (SSSR count). The van der Waals surface area contributed by atoms with Gasteiger partial charge in [0.05, 0.1) is 28.3 Å². The Morgan fingerprint density at radius 1 is 1.65 bits per heavy atom. The highest BCUT2D eigenvalue weighted by Crippen LogP contribution is 2.32. The quantitative estimate of drug-likeness (QED) is 0.922. The molecule has 0 bridgehead atoms. The van der Waals surface area contributed by atoms with Gasteiger partial charge in [0.2, 0.25) is 0 Å². The Kier molecular flexibility index (Phi) is 3.95. The summed E-state index contributed by atoms with van der Waals surface area (Å²) in [4.78, 5) is 0. The lowest BCUT2D eigenvalue weighted by Crippen LogP contribution is -2.20. The average molecular weight is 322 g/mol. The van der Waals surface area contributed by atoms with Gasteiger partial charge in [0, 0.05) is 0 Å². The van der Waals surface area contributed by atoms with E-state index in [9.17, 15) is 8.42 Å². The summed E-state index contributed by atoms with van der Waals surface area (Å²) in [5.41, 5.74) is 0. The predicted octanol–water partition coefficient (Wildman–Crippen LogP) is 2.13. The minimum atomic E-state index is -2.80. The van der Waals surface area contributed by atoms with Crippen LogP contribution in [-0.2, 0) is 9.84 Å². The zero-order chi connectivity index (χ0) is 12.5. The van der Waals surface area contributed by atoms with E-state index in [0.717, 1.165) is 23.1 Å². The molecule has 0 radical (unpaired) electrons. The molecule has 17 heavy (non-hydrogen) atoms. The van der Waals surface area contributed by atoms with E-state index < -0.39 is 9.84 Å². The summed E-state index contributed by atoms with van der Waals surface area (Å²) in [6.07, 6.45) is 3.19. The zero-order valence-corrected chi connectivity index (χ0v) is 12.1. The van der Waals surface area contributed by atoms with E-state index in [1.165, 1.54) is 0 Å². The molecule has 1 aliphatic rings. The first kappa shape index (κ1) is 13.1. The first-order valence-electron chi connectivity index (χ1n) is 5.62. The van der Waals surface area contributed by atoms with Crippen molar-refractivity contribution in [1.82, 2.24) is 5.32 Å². The van der Waals surface area contributed by atoms with Crippen LogP contribution in [0.5, 0.6) is 0 Å². The summed E-state index contributed by atoms with van der Waals surface area (Å²) in [5.74, 6) is 1.71. The van der Waals surface area contributed by atoms with Gasteiger partial charge in [-0.3, -0.25) is 0 Å². The minimum absolute atomic E-state index is 0.0673. The van der Waals surface area contributed by atoms with Crippen molar-refractivity contribution < 1.29 is 12.8 Å². The molecule has 0 saturated carbocycles. The van der Waals surface area contributed by atoms with Crippen molar-refractivity contribution in [2.75, 3.05) is 18.6 Å². The van der Waals surface area contributed by atoms with E-state index in [0.29, 0.717) is 11.5 Å². The fourth-order valence-electron chi connectivity index (χ4n) is 2.30. The van der Waals surface area contributed by atoms with Gasteiger partial charge in [0.25, 0.3) is 0 Å². The summed E-state index contributed by atoms with van der Waals surface area (Å²) in [6, 6.07) is 1.92. The van der Waals surface area contributed by atoms with Crippen LogP contribution in [0.25, 0.3) is 0 Å². The van der Waals surface area contributed by atoms with Crippen LogP contribution >= 0.6 is 15.9 Å². The van der Waals surface area contributed by atoms with Crippen molar-refractivity contribution in [3.05, 3.63) is 22.6 Å². The molecule has 6 heteroatoms.